The van der Waals surface area contributed by atoms with Gasteiger partial charge in [-0.25, -0.2) is 4.98 Å². The van der Waals surface area contributed by atoms with Gasteiger partial charge in [-0.05, 0) is 32.0 Å². The molecule has 106 valence electrons. The van der Waals surface area contributed by atoms with Crippen molar-refractivity contribution in [2.45, 2.75) is 19.4 Å². The molecule has 0 saturated carbocycles. The summed E-state index contributed by atoms with van der Waals surface area (Å²) in [6, 6.07) is 6.25. The zero-order chi connectivity index (χ0) is 14.8. The Hall–Kier alpha value is -2.41. The second kappa shape index (κ2) is 5.30. The van der Waals surface area contributed by atoms with Crippen molar-refractivity contribution in [3.05, 3.63) is 52.1 Å². The number of aliphatic hydroxyl groups is 1. The number of aryl methyl sites for hydroxylation is 1. The number of nitro groups is 1. The summed E-state index contributed by atoms with van der Waals surface area (Å²) in [6.07, 6.45) is 1.45. The van der Waals surface area contributed by atoms with Crippen LogP contribution < -0.4 is 5.32 Å². The van der Waals surface area contributed by atoms with Gasteiger partial charge in [0.1, 0.15) is 17.1 Å². The fourth-order valence-electron chi connectivity index (χ4n) is 1.75. The Balaban J connectivity index is 2.14. The maximum atomic E-state index is 10.9. The highest BCUT2D eigenvalue weighted by Gasteiger charge is 2.28. The number of furan rings is 1. The van der Waals surface area contributed by atoms with Crippen LogP contribution in [-0.4, -0.2) is 21.6 Å². The first kappa shape index (κ1) is 14.0. The van der Waals surface area contributed by atoms with E-state index in [1.165, 1.54) is 18.3 Å². The monoisotopic (exact) mass is 277 g/mol. The van der Waals surface area contributed by atoms with Crippen molar-refractivity contribution in [2.24, 2.45) is 0 Å². The van der Waals surface area contributed by atoms with E-state index in [0.717, 1.165) is 0 Å². The van der Waals surface area contributed by atoms with Crippen LogP contribution in [0.15, 0.2) is 34.9 Å². The van der Waals surface area contributed by atoms with Gasteiger partial charge in [0.05, 0.1) is 11.5 Å². The van der Waals surface area contributed by atoms with Gasteiger partial charge in [0.2, 0.25) is 5.82 Å². The van der Waals surface area contributed by atoms with Gasteiger partial charge in [0.15, 0.2) is 0 Å². The zero-order valence-corrected chi connectivity index (χ0v) is 11.2. The second-order valence-electron chi connectivity index (χ2n) is 4.67. The molecule has 2 aromatic rings. The summed E-state index contributed by atoms with van der Waals surface area (Å²) in [6.45, 7) is 3.38. The van der Waals surface area contributed by atoms with Crippen LogP contribution in [0.1, 0.15) is 18.4 Å². The average Bonchev–Trinajstić information content (AvgIpc) is 2.84. The zero-order valence-electron chi connectivity index (χ0n) is 11.2. The molecule has 0 aliphatic heterocycles. The molecule has 0 spiro atoms. The number of aromatic nitrogens is 1. The minimum atomic E-state index is -1.29. The Labute approximate surface area is 115 Å². The van der Waals surface area contributed by atoms with Gasteiger partial charge in [0.25, 0.3) is 0 Å². The third kappa shape index (κ3) is 2.94. The molecule has 1 unspecified atom stereocenters. The molecule has 0 bridgehead atoms. The Bertz CT molecular complexity index is 622. The van der Waals surface area contributed by atoms with Gasteiger partial charge >= 0.3 is 5.69 Å². The predicted octanol–water partition coefficient (Wildman–Crippen LogP) is 2.21. The Morgan fingerprint density at radius 3 is 2.85 bits per heavy atom. The Kier molecular flexibility index (Phi) is 3.71. The molecule has 2 rings (SSSR count). The lowest BCUT2D eigenvalue weighted by Crippen LogP contribution is -2.30. The van der Waals surface area contributed by atoms with Crippen LogP contribution in [0.25, 0.3) is 0 Å². The lowest BCUT2D eigenvalue weighted by Gasteiger charge is -2.21. The van der Waals surface area contributed by atoms with E-state index in [2.05, 4.69) is 10.3 Å². The maximum Gasteiger partial charge on any atom is 0.311 e. The van der Waals surface area contributed by atoms with Crippen molar-refractivity contribution in [3.8, 4) is 0 Å². The summed E-state index contributed by atoms with van der Waals surface area (Å²) in [4.78, 5) is 14.2. The normalized spacial score (nSPS) is 13.8. The summed E-state index contributed by atoms with van der Waals surface area (Å²) in [5.74, 6) is 1.19. The molecule has 2 N–H and O–H groups in total. The average molecular weight is 277 g/mol. The van der Waals surface area contributed by atoms with E-state index in [4.69, 9.17) is 4.42 Å². The standard InChI is InChI=1S/C13H15N3O4/c1-9-5-6-11(20-9)13(2,17)8-15-12-10(16(18)19)4-3-7-14-12/h3-7,17H,8H2,1-2H3,(H,14,15). The van der Waals surface area contributed by atoms with Crippen LogP contribution >= 0.6 is 0 Å². The molecular formula is C13H15N3O4. The molecule has 7 heteroatoms. The number of hydrogen-bond donors (Lipinski definition) is 2. The summed E-state index contributed by atoms with van der Waals surface area (Å²) in [5.41, 5.74) is -1.43. The van der Waals surface area contributed by atoms with Gasteiger partial charge in [-0.3, -0.25) is 10.1 Å². The number of nitrogens with zero attached hydrogens (tertiary/aromatic N) is 2. The summed E-state index contributed by atoms with van der Waals surface area (Å²) >= 11 is 0. The van der Waals surface area contributed by atoms with Gasteiger partial charge in [0, 0.05) is 12.3 Å². The maximum absolute atomic E-state index is 10.9. The highest BCUT2D eigenvalue weighted by molar-refractivity contribution is 5.55. The van der Waals surface area contributed by atoms with Crippen molar-refractivity contribution in [1.29, 1.82) is 0 Å². The van der Waals surface area contributed by atoms with Gasteiger partial charge in [-0.15, -0.1) is 0 Å². The van der Waals surface area contributed by atoms with E-state index in [9.17, 15) is 15.2 Å². The fourth-order valence-corrected chi connectivity index (χ4v) is 1.75. The van der Waals surface area contributed by atoms with Gasteiger partial charge in [-0.2, -0.15) is 0 Å². The number of rotatable bonds is 5. The third-order valence-electron chi connectivity index (χ3n) is 2.85. The number of nitrogens with one attached hydrogen (secondary N) is 1. The first-order valence-corrected chi connectivity index (χ1v) is 6.03. The number of hydrogen-bond acceptors (Lipinski definition) is 6. The van der Waals surface area contributed by atoms with E-state index in [-0.39, 0.29) is 18.1 Å². The quantitative estimate of drug-likeness (QED) is 0.641. The van der Waals surface area contributed by atoms with Crippen LogP contribution in [0.4, 0.5) is 11.5 Å². The van der Waals surface area contributed by atoms with Crippen molar-refractivity contribution >= 4 is 11.5 Å². The molecule has 7 nitrogen and oxygen atoms in total. The van der Waals surface area contributed by atoms with Crippen LogP contribution in [0.3, 0.4) is 0 Å². The summed E-state index contributed by atoms with van der Waals surface area (Å²) in [7, 11) is 0. The molecule has 0 fully saturated rings. The fraction of sp³-hybridized carbons (Fsp3) is 0.308. The number of pyridine rings is 1. The van der Waals surface area contributed by atoms with E-state index in [1.54, 1.807) is 26.0 Å². The molecule has 2 aromatic heterocycles. The SMILES string of the molecule is Cc1ccc(C(C)(O)CNc2ncccc2[N+](=O)[O-])o1. The van der Waals surface area contributed by atoms with Gasteiger partial charge < -0.3 is 14.8 Å². The van der Waals surface area contributed by atoms with E-state index in [0.29, 0.717) is 11.5 Å². The summed E-state index contributed by atoms with van der Waals surface area (Å²) < 4.78 is 5.37. The molecule has 0 radical (unpaired) electrons. The van der Waals surface area contributed by atoms with Gasteiger partial charge in [-0.1, -0.05) is 0 Å². The van der Waals surface area contributed by atoms with Crippen LogP contribution in [0.5, 0.6) is 0 Å². The lowest BCUT2D eigenvalue weighted by molar-refractivity contribution is -0.384. The van der Waals surface area contributed by atoms with Crippen molar-refractivity contribution in [3.63, 3.8) is 0 Å². The molecule has 0 aromatic carbocycles. The van der Waals surface area contributed by atoms with E-state index >= 15 is 0 Å². The van der Waals surface area contributed by atoms with E-state index < -0.39 is 10.5 Å². The molecule has 0 aliphatic rings. The largest absolute Gasteiger partial charge is 0.463 e. The summed E-state index contributed by atoms with van der Waals surface area (Å²) in [5, 5.41) is 24.0. The Morgan fingerprint density at radius 1 is 1.50 bits per heavy atom. The molecule has 0 aliphatic carbocycles. The highest BCUT2D eigenvalue weighted by atomic mass is 16.6. The molecule has 2 heterocycles. The minimum Gasteiger partial charge on any atom is -0.463 e. The predicted molar refractivity (Wildman–Crippen MR) is 72.4 cm³/mol. The first-order chi connectivity index (χ1) is 9.40. The Morgan fingerprint density at radius 2 is 2.25 bits per heavy atom. The molecule has 0 saturated heterocycles. The van der Waals surface area contributed by atoms with Crippen molar-refractivity contribution < 1.29 is 14.4 Å². The smallest absolute Gasteiger partial charge is 0.311 e. The molecule has 0 amide bonds. The van der Waals surface area contributed by atoms with E-state index in [1.807, 2.05) is 0 Å². The highest BCUT2D eigenvalue weighted by Crippen LogP contribution is 2.25. The minimum absolute atomic E-state index is 0.0395. The second-order valence-corrected chi connectivity index (χ2v) is 4.67. The van der Waals surface area contributed by atoms with Crippen molar-refractivity contribution in [1.82, 2.24) is 4.98 Å². The van der Waals surface area contributed by atoms with Crippen LogP contribution in [-0.2, 0) is 5.60 Å². The third-order valence-corrected chi connectivity index (χ3v) is 2.85. The number of anilines is 1. The van der Waals surface area contributed by atoms with Crippen LogP contribution in [0, 0.1) is 17.0 Å². The van der Waals surface area contributed by atoms with Crippen LogP contribution in [0.2, 0.25) is 0 Å². The molecule has 20 heavy (non-hydrogen) atoms. The lowest BCUT2D eigenvalue weighted by atomic mass is 10.0. The first-order valence-electron chi connectivity index (χ1n) is 6.03. The topological polar surface area (TPSA) is 101 Å². The molecule has 1 atom stereocenters. The molecular weight excluding hydrogens is 262 g/mol. The van der Waals surface area contributed by atoms with Crippen molar-refractivity contribution in [2.75, 3.05) is 11.9 Å².